The van der Waals surface area contributed by atoms with Gasteiger partial charge in [0.25, 0.3) is 0 Å². The Labute approximate surface area is 66.3 Å². The van der Waals surface area contributed by atoms with Crippen LogP contribution in [0.25, 0.3) is 0 Å². The predicted molar refractivity (Wildman–Crippen MR) is 41.4 cm³/mol. The van der Waals surface area contributed by atoms with Gasteiger partial charge in [-0.2, -0.15) is 0 Å². The molecule has 0 saturated carbocycles. The molecule has 2 atom stereocenters. The summed E-state index contributed by atoms with van der Waals surface area (Å²) in [5, 5.41) is 0. The lowest BCUT2D eigenvalue weighted by molar-refractivity contribution is 0.0339. The van der Waals surface area contributed by atoms with Gasteiger partial charge in [-0.05, 0) is 13.8 Å². The standard InChI is InChI=1S/C6H12Cl2O/c1-5(3-7)9-6(2)4-8/h5-6H,3-4H2,1-2H3/t5-,6+. The monoisotopic (exact) mass is 170 g/mol. The van der Waals surface area contributed by atoms with Crippen molar-refractivity contribution in [2.75, 3.05) is 11.8 Å². The minimum Gasteiger partial charge on any atom is -0.373 e. The molecule has 0 heterocycles. The van der Waals surface area contributed by atoms with Crippen LogP contribution in [0.3, 0.4) is 0 Å². The topological polar surface area (TPSA) is 9.23 Å². The highest BCUT2D eigenvalue weighted by Crippen LogP contribution is 2.00. The van der Waals surface area contributed by atoms with E-state index in [0.717, 1.165) is 0 Å². The van der Waals surface area contributed by atoms with Crippen LogP contribution in [0.15, 0.2) is 0 Å². The van der Waals surface area contributed by atoms with Crippen LogP contribution >= 0.6 is 23.2 Å². The third-order valence-electron chi connectivity index (χ3n) is 0.899. The van der Waals surface area contributed by atoms with E-state index in [1.165, 1.54) is 0 Å². The average Bonchev–Trinajstić information content (AvgIpc) is 1.87. The van der Waals surface area contributed by atoms with Gasteiger partial charge in [0, 0.05) is 11.8 Å². The van der Waals surface area contributed by atoms with Crippen molar-refractivity contribution >= 4 is 23.2 Å². The normalized spacial score (nSPS) is 17.3. The van der Waals surface area contributed by atoms with Gasteiger partial charge in [-0.1, -0.05) is 0 Å². The lowest BCUT2D eigenvalue weighted by atomic mass is 10.4. The van der Waals surface area contributed by atoms with Gasteiger partial charge in [0.1, 0.15) is 0 Å². The van der Waals surface area contributed by atoms with E-state index >= 15 is 0 Å². The molecule has 0 aromatic carbocycles. The minimum atomic E-state index is 0.111. The van der Waals surface area contributed by atoms with Crippen LogP contribution in [0, 0.1) is 0 Å². The van der Waals surface area contributed by atoms with Gasteiger partial charge in [-0.25, -0.2) is 0 Å². The Bertz CT molecular complexity index is 60.1. The zero-order valence-corrected chi connectivity index (χ0v) is 7.24. The van der Waals surface area contributed by atoms with Crippen LogP contribution < -0.4 is 0 Å². The molecule has 3 heteroatoms. The van der Waals surface area contributed by atoms with Crippen LogP contribution in [-0.2, 0) is 4.74 Å². The molecule has 0 aromatic rings. The Morgan fingerprint density at radius 3 is 1.67 bits per heavy atom. The van der Waals surface area contributed by atoms with E-state index in [-0.39, 0.29) is 12.2 Å². The van der Waals surface area contributed by atoms with Gasteiger partial charge in [-0.15, -0.1) is 23.2 Å². The molecular weight excluding hydrogens is 159 g/mol. The number of hydrogen-bond donors (Lipinski definition) is 0. The second kappa shape index (κ2) is 5.33. The molecule has 0 saturated heterocycles. The summed E-state index contributed by atoms with van der Waals surface area (Å²) in [6, 6.07) is 0. The van der Waals surface area contributed by atoms with Gasteiger partial charge in [-0.3, -0.25) is 0 Å². The Balaban J connectivity index is 3.22. The van der Waals surface area contributed by atoms with Gasteiger partial charge in [0.2, 0.25) is 0 Å². The summed E-state index contributed by atoms with van der Waals surface area (Å²) in [5.41, 5.74) is 0. The lowest BCUT2D eigenvalue weighted by Crippen LogP contribution is -2.19. The van der Waals surface area contributed by atoms with Crippen molar-refractivity contribution in [3.8, 4) is 0 Å². The number of ether oxygens (including phenoxy) is 1. The Kier molecular flexibility index (Phi) is 5.65. The minimum absolute atomic E-state index is 0.111. The molecule has 0 bridgehead atoms. The van der Waals surface area contributed by atoms with E-state index in [9.17, 15) is 0 Å². The molecule has 0 spiro atoms. The smallest absolute Gasteiger partial charge is 0.0686 e. The molecule has 1 nitrogen and oxygen atoms in total. The third-order valence-corrected chi connectivity index (χ3v) is 1.77. The first kappa shape index (κ1) is 9.54. The second-order valence-electron chi connectivity index (χ2n) is 2.07. The van der Waals surface area contributed by atoms with Crippen LogP contribution in [0.2, 0.25) is 0 Å². The van der Waals surface area contributed by atoms with Gasteiger partial charge in [0.05, 0.1) is 12.2 Å². The molecular formula is C6H12Cl2O. The van der Waals surface area contributed by atoms with E-state index < -0.39 is 0 Å². The van der Waals surface area contributed by atoms with Crippen LogP contribution in [0.4, 0.5) is 0 Å². The fourth-order valence-corrected chi connectivity index (χ4v) is 0.615. The number of rotatable bonds is 4. The maximum atomic E-state index is 5.48. The highest BCUT2D eigenvalue weighted by Gasteiger charge is 2.04. The summed E-state index contributed by atoms with van der Waals surface area (Å²) in [5.74, 6) is 1.06. The average molecular weight is 171 g/mol. The fourth-order valence-electron chi connectivity index (χ4n) is 0.469. The molecule has 0 aliphatic carbocycles. The highest BCUT2D eigenvalue weighted by molar-refractivity contribution is 6.18. The van der Waals surface area contributed by atoms with Crippen molar-refractivity contribution in [3.63, 3.8) is 0 Å². The molecule has 0 rings (SSSR count). The summed E-state index contributed by atoms with van der Waals surface area (Å²) in [6.07, 6.45) is 0.223. The Morgan fingerprint density at radius 1 is 1.11 bits per heavy atom. The molecule has 0 unspecified atom stereocenters. The van der Waals surface area contributed by atoms with E-state index in [2.05, 4.69) is 0 Å². The van der Waals surface area contributed by atoms with Crippen LogP contribution in [-0.4, -0.2) is 24.0 Å². The zero-order chi connectivity index (χ0) is 7.28. The van der Waals surface area contributed by atoms with Gasteiger partial charge >= 0.3 is 0 Å². The van der Waals surface area contributed by atoms with Crippen LogP contribution in [0.1, 0.15) is 13.8 Å². The van der Waals surface area contributed by atoms with E-state index in [1.54, 1.807) is 0 Å². The first-order valence-corrected chi connectivity index (χ1v) is 4.05. The first-order valence-electron chi connectivity index (χ1n) is 2.98. The largest absolute Gasteiger partial charge is 0.373 e. The maximum Gasteiger partial charge on any atom is 0.0686 e. The first-order chi connectivity index (χ1) is 4.20. The van der Waals surface area contributed by atoms with Gasteiger partial charge in [0.15, 0.2) is 0 Å². The summed E-state index contributed by atoms with van der Waals surface area (Å²) >= 11 is 11.0. The van der Waals surface area contributed by atoms with Crippen LogP contribution in [0.5, 0.6) is 0 Å². The van der Waals surface area contributed by atoms with Crippen molar-refractivity contribution in [2.24, 2.45) is 0 Å². The highest BCUT2D eigenvalue weighted by atomic mass is 35.5. The summed E-state index contributed by atoms with van der Waals surface area (Å²) in [4.78, 5) is 0. The molecule has 0 aromatic heterocycles. The molecule has 0 amide bonds. The Hall–Kier alpha value is 0.540. The maximum absolute atomic E-state index is 5.48. The summed E-state index contributed by atoms with van der Waals surface area (Å²) < 4.78 is 5.28. The molecule has 0 N–H and O–H groups in total. The molecule has 0 aliphatic heterocycles. The van der Waals surface area contributed by atoms with Crippen molar-refractivity contribution in [1.82, 2.24) is 0 Å². The van der Waals surface area contributed by atoms with E-state index in [1.807, 2.05) is 13.8 Å². The zero-order valence-electron chi connectivity index (χ0n) is 5.73. The Morgan fingerprint density at radius 2 is 1.44 bits per heavy atom. The summed E-state index contributed by atoms with van der Waals surface area (Å²) in [6.45, 7) is 3.85. The molecule has 56 valence electrons. The summed E-state index contributed by atoms with van der Waals surface area (Å²) in [7, 11) is 0. The fraction of sp³-hybridized carbons (Fsp3) is 1.00. The molecule has 0 aliphatic rings. The number of hydrogen-bond acceptors (Lipinski definition) is 1. The van der Waals surface area contributed by atoms with Crippen molar-refractivity contribution in [1.29, 1.82) is 0 Å². The van der Waals surface area contributed by atoms with Crippen molar-refractivity contribution in [2.45, 2.75) is 26.1 Å². The molecule has 0 fully saturated rings. The third kappa shape index (κ3) is 5.01. The molecule has 9 heavy (non-hydrogen) atoms. The number of halogens is 2. The van der Waals surface area contributed by atoms with E-state index in [0.29, 0.717) is 11.8 Å². The van der Waals surface area contributed by atoms with Crippen molar-refractivity contribution < 1.29 is 4.74 Å². The SMILES string of the molecule is C[C@H](CCl)O[C@@H](C)CCl. The molecule has 0 radical (unpaired) electrons. The quantitative estimate of drug-likeness (QED) is 0.589. The lowest BCUT2D eigenvalue weighted by Gasteiger charge is -2.13. The van der Waals surface area contributed by atoms with E-state index in [4.69, 9.17) is 27.9 Å². The van der Waals surface area contributed by atoms with Gasteiger partial charge < -0.3 is 4.74 Å². The van der Waals surface area contributed by atoms with Crippen molar-refractivity contribution in [3.05, 3.63) is 0 Å². The number of alkyl halides is 2. The predicted octanol–water partition coefficient (Wildman–Crippen LogP) is 2.26. The second-order valence-corrected chi connectivity index (χ2v) is 2.68.